The minimum atomic E-state index is -0.481. The first-order chi connectivity index (χ1) is 10.1. The molecule has 0 aromatic heterocycles. The molecular weight excluding hydrogens is 288 g/mol. The maximum absolute atomic E-state index is 12.2. The van der Waals surface area contributed by atoms with E-state index >= 15 is 0 Å². The molecule has 1 aromatic rings. The van der Waals surface area contributed by atoms with E-state index in [2.05, 4.69) is 10.3 Å². The van der Waals surface area contributed by atoms with Crippen molar-refractivity contribution in [1.82, 2.24) is 5.32 Å². The lowest BCUT2D eigenvalue weighted by atomic mass is 9.88. The third kappa shape index (κ3) is 3.39. The third-order valence-corrected chi connectivity index (χ3v) is 3.56. The number of ether oxygens (including phenoxy) is 2. The Morgan fingerprint density at radius 1 is 1.38 bits per heavy atom. The summed E-state index contributed by atoms with van der Waals surface area (Å²) < 4.78 is 10.3. The van der Waals surface area contributed by atoms with E-state index in [1.165, 1.54) is 0 Å². The van der Waals surface area contributed by atoms with Crippen LogP contribution in [0.5, 0.6) is 5.75 Å². The molecule has 0 bridgehead atoms. The molecule has 6 heteroatoms. The van der Waals surface area contributed by atoms with Gasteiger partial charge in [0.05, 0.1) is 19.8 Å². The fraction of sp³-hybridized carbons (Fsp3) is 0.400. The Morgan fingerprint density at radius 3 is 2.62 bits per heavy atom. The van der Waals surface area contributed by atoms with Gasteiger partial charge in [0.15, 0.2) is 5.11 Å². The van der Waals surface area contributed by atoms with Crippen molar-refractivity contribution in [2.24, 2.45) is 10.9 Å². The molecule has 0 radical (unpaired) electrons. The summed E-state index contributed by atoms with van der Waals surface area (Å²) in [5.74, 6) is -0.0187. The highest BCUT2D eigenvalue weighted by Crippen LogP contribution is 2.29. The van der Waals surface area contributed by atoms with Gasteiger partial charge in [0.1, 0.15) is 11.7 Å². The lowest BCUT2D eigenvalue weighted by molar-refractivity contribution is -0.146. The van der Waals surface area contributed by atoms with Crippen molar-refractivity contribution >= 4 is 29.0 Å². The van der Waals surface area contributed by atoms with E-state index in [1.807, 2.05) is 24.3 Å². The van der Waals surface area contributed by atoms with Crippen molar-refractivity contribution in [2.45, 2.75) is 19.9 Å². The molecule has 0 saturated carbocycles. The molecule has 1 heterocycles. The van der Waals surface area contributed by atoms with Crippen LogP contribution >= 0.6 is 12.2 Å². The van der Waals surface area contributed by atoms with Crippen LogP contribution in [0.25, 0.3) is 0 Å². The maximum atomic E-state index is 12.2. The molecule has 112 valence electrons. The largest absolute Gasteiger partial charge is 0.497 e. The average molecular weight is 306 g/mol. The normalized spacial score (nSPS) is 21.3. The molecule has 1 aliphatic rings. The van der Waals surface area contributed by atoms with Gasteiger partial charge in [-0.25, -0.2) is 4.99 Å². The van der Waals surface area contributed by atoms with Crippen molar-refractivity contribution in [3.8, 4) is 5.75 Å². The van der Waals surface area contributed by atoms with Crippen LogP contribution in [-0.2, 0) is 9.53 Å². The highest BCUT2D eigenvalue weighted by molar-refractivity contribution is 7.80. The standard InChI is InChI=1S/C15H18N2O3S/c1-4-20-14(18)12-9(2)16-15(21)17-13(12)10-5-7-11(19-3)8-6-10/h5-8,12-13H,4H2,1-3H3,(H,17,21). The zero-order valence-electron chi connectivity index (χ0n) is 12.3. The Hall–Kier alpha value is -1.95. The molecule has 1 aromatic carbocycles. The minimum absolute atomic E-state index is 0.278. The Bertz CT molecular complexity index is 569. The van der Waals surface area contributed by atoms with E-state index in [-0.39, 0.29) is 12.0 Å². The molecule has 0 amide bonds. The summed E-state index contributed by atoms with van der Waals surface area (Å²) in [6, 6.07) is 7.24. The van der Waals surface area contributed by atoms with Gasteiger partial charge < -0.3 is 14.8 Å². The van der Waals surface area contributed by atoms with Crippen molar-refractivity contribution in [3.05, 3.63) is 29.8 Å². The van der Waals surface area contributed by atoms with Gasteiger partial charge >= 0.3 is 5.97 Å². The van der Waals surface area contributed by atoms with E-state index in [9.17, 15) is 4.79 Å². The number of nitrogens with zero attached hydrogens (tertiary/aromatic N) is 1. The Labute approximate surface area is 129 Å². The van der Waals surface area contributed by atoms with Crippen LogP contribution in [0.4, 0.5) is 0 Å². The number of aliphatic imine (C=N–C) groups is 1. The number of rotatable bonds is 4. The monoisotopic (exact) mass is 306 g/mol. The second-order valence-electron chi connectivity index (χ2n) is 4.68. The summed E-state index contributed by atoms with van der Waals surface area (Å²) in [4.78, 5) is 16.4. The predicted molar refractivity (Wildman–Crippen MR) is 84.7 cm³/mol. The summed E-state index contributed by atoms with van der Waals surface area (Å²) in [7, 11) is 1.61. The summed E-state index contributed by atoms with van der Waals surface area (Å²) in [6.07, 6.45) is 0. The van der Waals surface area contributed by atoms with Gasteiger partial charge in [0, 0.05) is 5.71 Å². The highest BCUT2D eigenvalue weighted by atomic mass is 32.1. The van der Waals surface area contributed by atoms with Gasteiger partial charge in [0.25, 0.3) is 0 Å². The highest BCUT2D eigenvalue weighted by Gasteiger charge is 2.36. The molecule has 1 aliphatic heterocycles. The average Bonchev–Trinajstić information content (AvgIpc) is 2.46. The first-order valence-corrected chi connectivity index (χ1v) is 7.14. The molecule has 0 spiro atoms. The van der Waals surface area contributed by atoms with Crippen LogP contribution < -0.4 is 10.1 Å². The van der Waals surface area contributed by atoms with Gasteiger partial charge in [-0.05, 0) is 43.8 Å². The number of hydrogen-bond acceptors (Lipinski definition) is 4. The van der Waals surface area contributed by atoms with Crippen LogP contribution in [0, 0.1) is 5.92 Å². The Morgan fingerprint density at radius 2 is 2.05 bits per heavy atom. The van der Waals surface area contributed by atoms with Gasteiger partial charge in [-0.1, -0.05) is 12.1 Å². The van der Waals surface area contributed by atoms with Crippen LogP contribution in [0.2, 0.25) is 0 Å². The van der Waals surface area contributed by atoms with E-state index in [1.54, 1.807) is 21.0 Å². The van der Waals surface area contributed by atoms with E-state index < -0.39 is 5.92 Å². The first kappa shape index (κ1) is 15.4. The minimum Gasteiger partial charge on any atom is -0.497 e. The van der Waals surface area contributed by atoms with Gasteiger partial charge in [-0.3, -0.25) is 4.79 Å². The molecular formula is C15H18N2O3S. The smallest absolute Gasteiger partial charge is 0.317 e. The first-order valence-electron chi connectivity index (χ1n) is 6.73. The van der Waals surface area contributed by atoms with Gasteiger partial charge in [-0.15, -0.1) is 0 Å². The zero-order valence-corrected chi connectivity index (χ0v) is 13.1. The number of methoxy groups -OCH3 is 1. The second-order valence-corrected chi connectivity index (χ2v) is 5.07. The van der Waals surface area contributed by atoms with Crippen LogP contribution in [0.1, 0.15) is 25.5 Å². The molecule has 0 fully saturated rings. The van der Waals surface area contributed by atoms with Crippen LogP contribution in [0.15, 0.2) is 29.3 Å². The number of esters is 1. The fourth-order valence-corrected chi connectivity index (χ4v) is 2.62. The molecule has 21 heavy (non-hydrogen) atoms. The van der Waals surface area contributed by atoms with Crippen molar-refractivity contribution in [3.63, 3.8) is 0 Å². The maximum Gasteiger partial charge on any atom is 0.317 e. The van der Waals surface area contributed by atoms with E-state index in [4.69, 9.17) is 21.7 Å². The van der Waals surface area contributed by atoms with Crippen molar-refractivity contribution in [2.75, 3.05) is 13.7 Å². The number of thiocarbonyl (C=S) groups is 1. The molecule has 1 N–H and O–H groups in total. The number of nitrogens with one attached hydrogen (secondary N) is 1. The van der Waals surface area contributed by atoms with Crippen LogP contribution in [-0.4, -0.2) is 30.5 Å². The topological polar surface area (TPSA) is 59.9 Å². The fourth-order valence-electron chi connectivity index (χ4n) is 2.35. The predicted octanol–water partition coefficient (Wildman–Crippen LogP) is 2.26. The third-order valence-electron chi connectivity index (χ3n) is 3.36. The summed E-state index contributed by atoms with van der Waals surface area (Å²) in [5.41, 5.74) is 1.60. The molecule has 2 atom stereocenters. The van der Waals surface area contributed by atoms with E-state index in [0.29, 0.717) is 17.4 Å². The molecule has 5 nitrogen and oxygen atoms in total. The molecule has 0 aliphatic carbocycles. The van der Waals surface area contributed by atoms with E-state index in [0.717, 1.165) is 11.3 Å². The number of hydrogen-bond donors (Lipinski definition) is 1. The molecule has 0 saturated heterocycles. The Kier molecular flexibility index (Phi) is 4.90. The quantitative estimate of drug-likeness (QED) is 0.683. The SMILES string of the molecule is CCOC(=O)C1C(C)=NC(=S)NC1c1ccc(OC)cc1. The molecule has 2 unspecified atom stereocenters. The Balaban J connectivity index is 2.34. The number of benzene rings is 1. The lowest BCUT2D eigenvalue weighted by Gasteiger charge is -2.30. The van der Waals surface area contributed by atoms with Crippen LogP contribution in [0.3, 0.4) is 0 Å². The lowest BCUT2D eigenvalue weighted by Crippen LogP contribution is -2.44. The van der Waals surface area contributed by atoms with Gasteiger partial charge in [0.2, 0.25) is 0 Å². The van der Waals surface area contributed by atoms with Gasteiger partial charge in [-0.2, -0.15) is 0 Å². The zero-order chi connectivity index (χ0) is 15.4. The van der Waals surface area contributed by atoms with Crippen molar-refractivity contribution in [1.29, 1.82) is 0 Å². The summed E-state index contributed by atoms with van der Waals surface area (Å²) in [5, 5.41) is 3.48. The number of carbonyl (C=O) groups is 1. The molecule has 2 rings (SSSR count). The van der Waals surface area contributed by atoms with Crippen molar-refractivity contribution < 1.29 is 14.3 Å². The second kappa shape index (κ2) is 6.67. The summed E-state index contributed by atoms with van der Waals surface area (Å²) >= 11 is 5.14. The summed E-state index contributed by atoms with van der Waals surface area (Å²) in [6.45, 7) is 3.92. The number of carbonyl (C=O) groups excluding carboxylic acids is 1.